The molecule has 0 spiro atoms. The molecule has 0 saturated heterocycles. The van der Waals surface area contributed by atoms with Crippen LogP contribution < -0.4 is 0 Å². The highest BCUT2D eigenvalue weighted by molar-refractivity contribution is 5.83. The summed E-state index contributed by atoms with van der Waals surface area (Å²) >= 11 is 0. The standard InChI is InChI=1S/C30H46O6/c1-17(32)26-20(16-31)30(8)24(14-21(26)35-18(2)33)29(7)13-10-22-27(4,5)11-9-12-28(22,6)23(29)15-25(30)36-19(3)34/h16,20-26H,9-15H2,1-8H3. The van der Waals surface area contributed by atoms with Crippen molar-refractivity contribution < 1.29 is 28.7 Å². The zero-order chi connectivity index (χ0) is 26.8. The predicted molar refractivity (Wildman–Crippen MR) is 136 cm³/mol. The number of rotatable bonds is 4. The molecule has 0 N–H and O–H groups in total. The lowest BCUT2D eigenvalue weighted by atomic mass is 9.34. The van der Waals surface area contributed by atoms with Crippen molar-refractivity contribution in [1.82, 2.24) is 0 Å². The van der Waals surface area contributed by atoms with E-state index in [1.54, 1.807) is 0 Å². The quantitative estimate of drug-likeness (QED) is 0.370. The molecule has 6 nitrogen and oxygen atoms in total. The van der Waals surface area contributed by atoms with Gasteiger partial charge in [0.25, 0.3) is 0 Å². The molecule has 0 amide bonds. The SMILES string of the molecule is CC(=O)OC1CC2C3(C)CCC4C(C)(C)CCCC4(C)C3CC(OC(C)=O)C2(C)C(C=O)C1C(C)=O. The minimum Gasteiger partial charge on any atom is -0.462 e. The van der Waals surface area contributed by atoms with Gasteiger partial charge in [-0.05, 0) is 79.4 Å². The summed E-state index contributed by atoms with van der Waals surface area (Å²) < 4.78 is 11.9. The summed E-state index contributed by atoms with van der Waals surface area (Å²) in [4.78, 5) is 50.2. The number of esters is 2. The second-order valence-corrected chi connectivity index (χ2v) is 13.9. The summed E-state index contributed by atoms with van der Waals surface area (Å²) in [6, 6.07) is 0. The molecule has 4 aliphatic rings. The van der Waals surface area contributed by atoms with E-state index in [1.165, 1.54) is 33.6 Å². The fourth-order valence-corrected chi connectivity index (χ4v) is 10.5. The predicted octanol–water partition coefficient (Wildman–Crippen LogP) is 5.55. The van der Waals surface area contributed by atoms with Crippen LogP contribution in [0.1, 0.15) is 100 Å². The molecule has 36 heavy (non-hydrogen) atoms. The van der Waals surface area contributed by atoms with Crippen LogP contribution in [-0.2, 0) is 28.7 Å². The van der Waals surface area contributed by atoms with Gasteiger partial charge in [0.2, 0.25) is 0 Å². The Hall–Kier alpha value is -1.72. The van der Waals surface area contributed by atoms with E-state index >= 15 is 0 Å². The van der Waals surface area contributed by atoms with Crippen molar-refractivity contribution in [2.24, 2.45) is 51.2 Å². The van der Waals surface area contributed by atoms with E-state index in [1.807, 2.05) is 0 Å². The van der Waals surface area contributed by atoms with Gasteiger partial charge in [0.05, 0.1) is 5.92 Å². The smallest absolute Gasteiger partial charge is 0.302 e. The van der Waals surface area contributed by atoms with E-state index in [9.17, 15) is 19.2 Å². The summed E-state index contributed by atoms with van der Waals surface area (Å²) in [5.41, 5.74) is -0.478. The van der Waals surface area contributed by atoms with E-state index < -0.39 is 35.4 Å². The molecule has 0 aliphatic heterocycles. The molecule has 4 saturated carbocycles. The van der Waals surface area contributed by atoms with Gasteiger partial charge in [-0.1, -0.05) is 41.0 Å². The Morgan fingerprint density at radius 2 is 1.39 bits per heavy atom. The van der Waals surface area contributed by atoms with Crippen molar-refractivity contribution in [2.45, 2.75) is 113 Å². The molecular formula is C30H46O6. The third kappa shape index (κ3) is 3.88. The normalized spacial score (nSPS) is 47.4. The van der Waals surface area contributed by atoms with E-state index in [0.717, 1.165) is 25.5 Å². The lowest BCUT2D eigenvalue weighted by molar-refractivity contribution is -0.262. The molecule has 0 heterocycles. The van der Waals surface area contributed by atoms with Gasteiger partial charge in [0.15, 0.2) is 0 Å². The molecule has 6 heteroatoms. The van der Waals surface area contributed by atoms with E-state index in [2.05, 4.69) is 34.6 Å². The topological polar surface area (TPSA) is 86.7 Å². The van der Waals surface area contributed by atoms with Crippen molar-refractivity contribution >= 4 is 24.0 Å². The molecule has 202 valence electrons. The third-order valence-corrected chi connectivity index (χ3v) is 11.7. The van der Waals surface area contributed by atoms with Crippen LogP contribution in [-0.4, -0.2) is 36.2 Å². The summed E-state index contributed by atoms with van der Waals surface area (Å²) in [6.07, 6.45) is 6.71. The van der Waals surface area contributed by atoms with Gasteiger partial charge in [0, 0.05) is 25.2 Å². The zero-order valence-corrected chi connectivity index (χ0v) is 23.5. The van der Waals surface area contributed by atoms with Crippen LogP contribution in [0.4, 0.5) is 0 Å². The van der Waals surface area contributed by atoms with Gasteiger partial charge < -0.3 is 14.3 Å². The molecule has 4 rings (SSSR count). The van der Waals surface area contributed by atoms with Crippen molar-refractivity contribution in [3.8, 4) is 0 Å². The van der Waals surface area contributed by atoms with E-state index in [4.69, 9.17) is 9.47 Å². The van der Waals surface area contributed by atoms with E-state index in [-0.39, 0.29) is 33.9 Å². The first-order valence-electron chi connectivity index (χ1n) is 13.9. The highest BCUT2D eigenvalue weighted by Crippen LogP contribution is 2.73. The second kappa shape index (κ2) is 8.94. The Kier molecular flexibility index (Phi) is 6.78. The van der Waals surface area contributed by atoms with Crippen LogP contribution in [0, 0.1) is 51.2 Å². The van der Waals surface area contributed by atoms with Crippen molar-refractivity contribution in [3.05, 3.63) is 0 Å². The monoisotopic (exact) mass is 502 g/mol. The van der Waals surface area contributed by atoms with Crippen molar-refractivity contribution in [3.63, 3.8) is 0 Å². The summed E-state index contributed by atoms with van der Waals surface area (Å²) in [5.74, 6) is -1.49. The molecule has 10 unspecified atom stereocenters. The molecule has 0 bridgehead atoms. The lowest BCUT2D eigenvalue weighted by Crippen LogP contribution is -2.70. The summed E-state index contributed by atoms with van der Waals surface area (Å²) in [7, 11) is 0. The van der Waals surface area contributed by atoms with Crippen LogP contribution in [0.15, 0.2) is 0 Å². The molecule has 0 aromatic heterocycles. The average Bonchev–Trinajstić information content (AvgIpc) is 2.73. The van der Waals surface area contributed by atoms with Gasteiger partial charge >= 0.3 is 11.9 Å². The Balaban J connectivity index is 1.88. The Morgan fingerprint density at radius 1 is 0.778 bits per heavy atom. The first-order chi connectivity index (χ1) is 16.6. The van der Waals surface area contributed by atoms with Crippen LogP contribution >= 0.6 is 0 Å². The van der Waals surface area contributed by atoms with Gasteiger partial charge in [0.1, 0.15) is 24.3 Å². The van der Waals surface area contributed by atoms with Gasteiger partial charge in [-0.3, -0.25) is 14.4 Å². The molecule has 4 aliphatic carbocycles. The van der Waals surface area contributed by atoms with Crippen LogP contribution in [0.2, 0.25) is 0 Å². The average molecular weight is 503 g/mol. The van der Waals surface area contributed by atoms with Crippen LogP contribution in [0.5, 0.6) is 0 Å². The number of aldehydes is 1. The van der Waals surface area contributed by atoms with Crippen LogP contribution in [0.25, 0.3) is 0 Å². The van der Waals surface area contributed by atoms with Gasteiger partial charge in [-0.2, -0.15) is 0 Å². The van der Waals surface area contributed by atoms with Crippen molar-refractivity contribution in [1.29, 1.82) is 0 Å². The highest BCUT2D eigenvalue weighted by Gasteiger charge is 2.71. The first-order valence-corrected chi connectivity index (χ1v) is 13.9. The number of carbonyl (C=O) groups excluding carboxylic acids is 4. The number of hydrogen-bond donors (Lipinski definition) is 0. The molecule has 0 radical (unpaired) electrons. The van der Waals surface area contributed by atoms with Gasteiger partial charge in [-0.25, -0.2) is 0 Å². The van der Waals surface area contributed by atoms with E-state index in [0.29, 0.717) is 24.7 Å². The number of hydrogen-bond acceptors (Lipinski definition) is 6. The third-order valence-electron chi connectivity index (χ3n) is 11.7. The van der Waals surface area contributed by atoms with Crippen LogP contribution in [0.3, 0.4) is 0 Å². The Labute approximate surface area is 216 Å². The number of fused-ring (bicyclic) bond motifs is 5. The maximum absolute atomic E-state index is 12.9. The number of carbonyl (C=O) groups is 4. The van der Waals surface area contributed by atoms with Gasteiger partial charge in [-0.15, -0.1) is 0 Å². The maximum Gasteiger partial charge on any atom is 0.302 e. The Morgan fingerprint density at radius 3 is 1.94 bits per heavy atom. The number of ketones is 1. The molecule has 4 fully saturated rings. The zero-order valence-electron chi connectivity index (χ0n) is 23.5. The second-order valence-electron chi connectivity index (χ2n) is 13.9. The van der Waals surface area contributed by atoms with Crippen molar-refractivity contribution in [2.75, 3.05) is 0 Å². The minimum atomic E-state index is -0.730. The maximum atomic E-state index is 12.9. The number of Topliss-reactive ketones (excluding diaryl/α,β-unsaturated/α-hetero) is 1. The molecule has 10 atom stereocenters. The lowest BCUT2D eigenvalue weighted by Gasteiger charge is -2.71. The molecule has 0 aromatic rings. The minimum absolute atomic E-state index is 0.0222. The molecular weight excluding hydrogens is 456 g/mol. The highest BCUT2D eigenvalue weighted by atomic mass is 16.5. The first kappa shape index (κ1) is 27.3. The molecule has 0 aromatic carbocycles. The summed E-state index contributed by atoms with van der Waals surface area (Å²) in [6.45, 7) is 16.0. The number of ether oxygens (including phenoxy) is 2. The summed E-state index contributed by atoms with van der Waals surface area (Å²) in [5, 5.41) is 0. The largest absolute Gasteiger partial charge is 0.462 e. The Bertz CT molecular complexity index is 940. The fraction of sp³-hybridized carbons (Fsp3) is 0.867. The fourth-order valence-electron chi connectivity index (χ4n) is 10.5.